The van der Waals surface area contributed by atoms with Gasteiger partial charge in [-0.05, 0) is 67.1 Å². The van der Waals surface area contributed by atoms with Crippen LogP contribution in [0.5, 0.6) is 0 Å². The van der Waals surface area contributed by atoms with Gasteiger partial charge in [-0.25, -0.2) is 4.98 Å². The first kappa shape index (κ1) is 17.2. The molecule has 2 N–H and O–H groups in total. The summed E-state index contributed by atoms with van der Waals surface area (Å²) in [5.41, 5.74) is 3.13. The van der Waals surface area contributed by atoms with Crippen LogP contribution in [0.1, 0.15) is 11.1 Å². The molecule has 4 nitrogen and oxygen atoms in total. The van der Waals surface area contributed by atoms with Gasteiger partial charge in [0.05, 0.1) is 5.56 Å². The van der Waals surface area contributed by atoms with Crippen molar-refractivity contribution in [3.05, 3.63) is 65.7 Å². The predicted octanol–water partition coefficient (Wildman–Crippen LogP) is 5.33. The lowest BCUT2D eigenvalue weighted by Crippen LogP contribution is -2.03. The number of nitrogens with zero attached hydrogens (tertiary/aromatic N) is 2. The van der Waals surface area contributed by atoms with E-state index in [2.05, 4.69) is 46.9 Å². The van der Waals surface area contributed by atoms with E-state index in [1.54, 1.807) is 0 Å². The van der Waals surface area contributed by atoms with Crippen molar-refractivity contribution in [2.75, 3.05) is 10.6 Å². The fraction of sp³-hybridized carbons (Fsp3) is 0.0526. The van der Waals surface area contributed by atoms with Crippen molar-refractivity contribution in [2.24, 2.45) is 0 Å². The molecular formula is C19H16N4S2. The normalized spacial score (nSPS) is 10.2. The van der Waals surface area contributed by atoms with Crippen LogP contribution in [0, 0.1) is 18.3 Å². The summed E-state index contributed by atoms with van der Waals surface area (Å²) < 4.78 is 0. The number of thiol groups is 2. The molecule has 0 fully saturated rings. The second-order valence-electron chi connectivity index (χ2n) is 5.51. The molecule has 0 bridgehead atoms. The van der Waals surface area contributed by atoms with Crippen molar-refractivity contribution in [3.63, 3.8) is 0 Å². The van der Waals surface area contributed by atoms with Crippen LogP contribution in [0.3, 0.4) is 0 Å². The van der Waals surface area contributed by atoms with Crippen molar-refractivity contribution >= 4 is 48.3 Å². The molecule has 0 spiro atoms. The minimum absolute atomic E-state index is 0.490. The first-order chi connectivity index (χ1) is 12.0. The van der Waals surface area contributed by atoms with E-state index >= 15 is 0 Å². The van der Waals surface area contributed by atoms with Crippen molar-refractivity contribution in [1.82, 2.24) is 4.98 Å². The Bertz CT molecular complexity index is 929. The van der Waals surface area contributed by atoms with Gasteiger partial charge in [-0.1, -0.05) is 0 Å². The molecule has 3 aromatic rings. The first-order valence-electron chi connectivity index (χ1n) is 7.59. The molecule has 25 heavy (non-hydrogen) atoms. The smallest absolute Gasteiger partial charge is 0.150 e. The van der Waals surface area contributed by atoms with Gasteiger partial charge in [-0.15, -0.1) is 25.3 Å². The van der Waals surface area contributed by atoms with E-state index in [4.69, 9.17) is 0 Å². The third-order valence-electron chi connectivity index (χ3n) is 3.59. The molecule has 124 valence electrons. The van der Waals surface area contributed by atoms with Crippen LogP contribution in [0.25, 0.3) is 0 Å². The Kier molecular flexibility index (Phi) is 5.17. The van der Waals surface area contributed by atoms with Crippen LogP contribution in [0.4, 0.5) is 23.0 Å². The molecule has 0 aliphatic heterocycles. The van der Waals surface area contributed by atoms with Gasteiger partial charge >= 0.3 is 0 Å². The van der Waals surface area contributed by atoms with Gasteiger partial charge in [0.25, 0.3) is 0 Å². The molecule has 2 aromatic carbocycles. The Morgan fingerprint density at radius 2 is 1.32 bits per heavy atom. The highest BCUT2D eigenvalue weighted by atomic mass is 32.1. The number of pyridine rings is 1. The van der Waals surface area contributed by atoms with E-state index in [9.17, 15) is 5.26 Å². The Morgan fingerprint density at radius 3 is 1.80 bits per heavy atom. The van der Waals surface area contributed by atoms with Gasteiger partial charge in [0.2, 0.25) is 0 Å². The number of anilines is 4. The third-order valence-corrected chi connectivity index (χ3v) is 4.19. The summed E-state index contributed by atoms with van der Waals surface area (Å²) in [6, 6.07) is 19.2. The maximum Gasteiger partial charge on any atom is 0.150 e. The monoisotopic (exact) mass is 364 g/mol. The maximum atomic E-state index is 9.41. The molecule has 0 unspecified atom stereocenters. The number of nitriles is 1. The largest absolute Gasteiger partial charge is 0.340 e. The molecule has 1 heterocycles. The van der Waals surface area contributed by atoms with Gasteiger partial charge < -0.3 is 10.6 Å². The van der Waals surface area contributed by atoms with Crippen LogP contribution in [-0.2, 0) is 0 Å². The van der Waals surface area contributed by atoms with Gasteiger partial charge in [0.1, 0.15) is 11.9 Å². The molecule has 0 aliphatic rings. The summed E-state index contributed by atoms with van der Waals surface area (Å²) in [5.74, 6) is 1.20. The highest BCUT2D eigenvalue weighted by Crippen LogP contribution is 2.26. The lowest BCUT2D eigenvalue weighted by atomic mass is 10.2. The van der Waals surface area contributed by atoms with Crippen molar-refractivity contribution in [1.29, 1.82) is 5.26 Å². The Labute approximate surface area is 157 Å². The van der Waals surface area contributed by atoms with Crippen molar-refractivity contribution in [2.45, 2.75) is 16.7 Å². The van der Waals surface area contributed by atoms with E-state index in [-0.39, 0.29) is 0 Å². The number of hydrogen-bond donors (Lipinski definition) is 4. The summed E-state index contributed by atoms with van der Waals surface area (Å²) in [6.07, 6.45) is 0. The number of benzene rings is 2. The fourth-order valence-corrected chi connectivity index (χ4v) is 2.58. The molecule has 0 saturated heterocycles. The number of aromatic nitrogens is 1. The van der Waals surface area contributed by atoms with Crippen LogP contribution >= 0.6 is 25.3 Å². The molecule has 0 radical (unpaired) electrons. The highest BCUT2D eigenvalue weighted by molar-refractivity contribution is 7.80. The SMILES string of the molecule is Cc1cc(C#N)c(Nc2ccc(S)cc2)nc1Nc1ccc(S)cc1. The number of nitrogens with one attached hydrogen (secondary N) is 2. The summed E-state index contributed by atoms with van der Waals surface area (Å²) >= 11 is 8.57. The van der Waals surface area contributed by atoms with Gasteiger partial charge in [-0.3, -0.25) is 0 Å². The average molecular weight is 364 g/mol. The molecule has 3 rings (SSSR count). The molecule has 0 amide bonds. The maximum absolute atomic E-state index is 9.41. The Morgan fingerprint density at radius 1 is 0.840 bits per heavy atom. The summed E-state index contributed by atoms with van der Waals surface area (Å²) in [6.45, 7) is 1.92. The number of aryl methyl sites for hydroxylation is 1. The molecule has 0 saturated carbocycles. The minimum Gasteiger partial charge on any atom is -0.340 e. The zero-order valence-corrected chi connectivity index (χ0v) is 15.3. The lowest BCUT2D eigenvalue weighted by Gasteiger charge is -2.13. The first-order valence-corrected chi connectivity index (χ1v) is 8.48. The number of rotatable bonds is 4. The minimum atomic E-state index is 0.490. The second kappa shape index (κ2) is 7.51. The molecule has 6 heteroatoms. The third kappa shape index (κ3) is 4.27. The topological polar surface area (TPSA) is 60.7 Å². The fourth-order valence-electron chi connectivity index (χ4n) is 2.28. The quantitative estimate of drug-likeness (QED) is 0.473. The van der Waals surface area contributed by atoms with Crippen LogP contribution < -0.4 is 10.6 Å². The highest BCUT2D eigenvalue weighted by Gasteiger charge is 2.10. The van der Waals surface area contributed by atoms with Gasteiger partial charge in [-0.2, -0.15) is 5.26 Å². The van der Waals surface area contributed by atoms with Gasteiger partial charge in [0.15, 0.2) is 5.82 Å². The second-order valence-corrected chi connectivity index (χ2v) is 6.54. The summed E-state index contributed by atoms with van der Waals surface area (Å²) in [4.78, 5) is 6.36. The van der Waals surface area contributed by atoms with E-state index < -0.39 is 0 Å². The predicted molar refractivity (Wildman–Crippen MR) is 108 cm³/mol. The van der Waals surface area contributed by atoms with Crippen LogP contribution in [0.2, 0.25) is 0 Å². The van der Waals surface area contributed by atoms with Crippen LogP contribution in [-0.4, -0.2) is 4.98 Å². The standard InChI is InChI=1S/C19H16N4S2/c1-12-10-13(11-20)19(22-15-4-8-17(25)9-5-15)23-18(12)21-14-2-6-16(24)7-3-14/h2-10,24-25H,1H3,(H2,21,22,23). The van der Waals surface area contributed by atoms with E-state index in [0.717, 1.165) is 26.7 Å². The van der Waals surface area contributed by atoms with E-state index in [1.807, 2.05) is 61.5 Å². The van der Waals surface area contributed by atoms with Crippen molar-refractivity contribution in [3.8, 4) is 6.07 Å². The molecule has 0 atom stereocenters. The van der Waals surface area contributed by atoms with Crippen LogP contribution in [0.15, 0.2) is 64.4 Å². The lowest BCUT2D eigenvalue weighted by molar-refractivity contribution is 1.23. The van der Waals surface area contributed by atoms with Gasteiger partial charge in [0, 0.05) is 21.2 Å². The zero-order valence-electron chi connectivity index (χ0n) is 13.5. The Hall–Kier alpha value is -2.62. The summed E-state index contributed by atoms with van der Waals surface area (Å²) in [7, 11) is 0. The average Bonchev–Trinajstić information content (AvgIpc) is 2.61. The Balaban J connectivity index is 1.93. The molecule has 1 aromatic heterocycles. The van der Waals surface area contributed by atoms with Crippen molar-refractivity contribution < 1.29 is 0 Å². The molecule has 0 aliphatic carbocycles. The van der Waals surface area contributed by atoms with E-state index in [1.165, 1.54) is 0 Å². The zero-order chi connectivity index (χ0) is 17.8. The van der Waals surface area contributed by atoms with E-state index in [0.29, 0.717) is 17.2 Å². The summed E-state index contributed by atoms with van der Waals surface area (Å²) in [5, 5.41) is 15.9. The molecular weight excluding hydrogens is 348 g/mol. The number of hydrogen-bond acceptors (Lipinski definition) is 6.